The van der Waals surface area contributed by atoms with Crippen molar-refractivity contribution in [2.75, 3.05) is 0 Å². The van der Waals surface area contributed by atoms with Gasteiger partial charge in [-0.25, -0.2) is 0 Å². The maximum absolute atomic E-state index is 11.6. The third kappa shape index (κ3) is 1.94. The summed E-state index contributed by atoms with van der Waals surface area (Å²) in [6.45, 7) is 0. The first-order valence-electron chi connectivity index (χ1n) is 5.90. The van der Waals surface area contributed by atoms with E-state index in [0.717, 1.165) is 44.1 Å². The van der Waals surface area contributed by atoms with Crippen LogP contribution in [0.25, 0.3) is 0 Å². The van der Waals surface area contributed by atoms with Crippen molar-refractivity contribution in [2.45, 2.75) is 43.9 Å². The van der Waals surface area contributed by atoms with Crippen LogP contribution in [0.4, 0.5) is 0 Å². The fraction of sp³-hybridized carbons (Fsp3) is 0.538. The number of aromatic nitrogens is 1. The van der Waals surface area contributed by atoms with Crippen LogP contribution in [-0.4, -0.2) is 16.1 Å². The second kappa shape index (κ2) is 4.64. The Hall–Kier alpha value is -1.38. The van der Waals surface area contributed by atoms with Gasteiger partial charge < -0.3 is 5.11 Å². The summed E-state index contributed by atoms with van der Waals surface area (Å²) < 4.78 is 0. The summed E-state index contributed by atoms with van der Waals surface area (Å²) in [5.41, 5.74) is 0.175. The predicted molar refractivity (Wildman–Crippen MR) is 61.3 cm³/mol. The Morgan fingerprint density at radius 2 is 1.94 bits per heavy atom. The second-order valence-corrected chi connectivity index (χ2v) is 4.54. The van der Waals surface area contributed by atoms with Crippen molar-refractivity contribution in [3.05, 3.63) is 30.1 Å². The van der Waals surface area contributed by atoms with Gasteiger partial charge in [-0.2, -0.15) is 0 Å². The highest BCUT2D eigenvalue weighted by Gasteiger charge is 2.40. The van der Waals surface area contributed by atoms with Crippen LogP contribution in [0.5, 0.6) is 0 Å². The quantitative estimate of drug-likeness (QED) is 0.778. The second-order valence-electron chi connectivity index (χ2n) is 4.54. The van der Waals surface area contributed by atoms with E-state index in [9.17, 15) is 9.90 Å². The molecule has 3 nitrogen and oxygen atoms in total. The Bertz CT molecular complexity index is 353. The average Bonchev–Trinajstić information content (AvgIpc) is 2.56. The Balaban J connectivity index is 2.38. The number of carbonyl (C=O) groups is 1. The van der Waals surface area contributed by atoms with Crippen LogP contribution < -0.4 is 0 Å². The Morgan fingerprint density at radius 3 is 2.44 bits per heavy atom. The monoisotopic (exact) mass is 219 g/mol. The van der Waals surface area contributed by atoms with Crippen LogP contribution in [0, 0.1) is 0 Å². The van der Waals surface area contributed by atoms with Crippen LogP contribution in [0.2, 0.25) is 0 Å². The lowest BCUT2D eigenvalue weighted by atomic mass is 9.75. The molecule has 0 saturated heterocycles. The number of pyridine rings is 1. The van der Waals surface area contributed by atoms with E-state index in [1.54, 1.807) is 12.4 Å². The Labute approximate surface area is 95.5 Å². The molecule has 0 aromatic carbocycles. The molecule has 1 fully saturated rings. The highest BCUT2D eigenvalue weighted by Crippen LogP contribution is 2.38. The maximum atomic E-state index is 11.6. The van der Waals surface area contributed by atoms with Gasteiger partial charge in [0.2, 0.25) is 0 Å². The van der Waals surface area contributed by atoms with Gasteiger partial charge in [0.05, 0.1) is 5.41 Å². The number of aliphatic carboxylic acids is 1. The van der Waals surface area contributed by atoms with Crippen molar-refractivity contribution in [1.82, 2.24) is 4.98 Å². The summed E-state index contributed by atoms with van der Waals surface area (Å²) in [5, 5.41) is 9.54. The molecular formula is C13H17NO2. The molecule has 0 unspecified atom stereocenters. The summed E-state index contributed by atoms with van der Waals surface area (Å²) in [6, 6.07) is 3.72. The number of rotatable bonds is 2. The van der Waals surface area contributed by atoms with Gasteiger partial charge in [-0.05, 0) is 24.5 Å². The third-order valence-corrected chi connectivity index (χ3v) is 3.58. The molecular weight excluding hydrogens is 202 g/mol. The van der Waals surface area contributed by atoms with E-state index in [1.807, 2.05) is 12.1 Å². The first-order chi connectivity index (χ1) is 7.76. The molecule has 1 heterocycles. The summed E-state index contributed by atoms with van der Waals surface area (Å²) >= 11 is 0. The molecule has 3 heteroatoms. The zero-order chi connectivity index (χ0) is 11.4. The SMILES string of the molecule is O=C(O)C1(c2cccnc2)CCCCCC1. The van der Waals surface area contributed by atoms with Gasteiger partial charge in [-0.3, -0.25) is 9.78 Å². The Kier molecular flexibility index (Phi) is 3.22. The van der Waals surface area contributed by atoms with Crippen LogP contribution >= 0.6 is 0 Å². The molecule has 0 radical (unpaired) electrons. The van der Waals surface area contributed by atoms with E-state index in [0.29, 0.717) is 0 Å². The molecule has 86 valence electrons. The van der Waals surface area contributed by atoms with Crippen LogP contribution in [-0.2, 0) is 10.2 Å². The number of nitrogens with zero attached hydrogens (tertiary/aromatic N) is 1. The molecule has 1 aliphatic rings. The molecule has 1 aromatic heterocycles. The van der Waals surface area contributed by atoms with Crippen molar-refractivity contribution < 1.29 is 9.90 Å². The average molecular weight is 219 g/mol. The molecule has 0 spiro atoms. The van der Waals surface area contributed by atoms with Crippen molar-refractivity contribution in [1.29, 1.82) is 0 Å². The van der Waals surface area contributed by atoms with Gasteiger partial charge in [0.15, 0.2) is 0 Å². The zero-order valence-electron chi connectivity index (χ0n) is 9.35. The van der Waals surface area contributed by atoms with E-state index in [-0.39, 0.29) is 0 Å². The normalized spacial score (nSPS) is 20.0. The number of carboxylic acids is 1. The molecule has 1 aliphatic carbocycles. The smallest absolute Gasteiger partial charge is 0.314 e. The first kappa shape index (κ1) is 11.1. The van der Waals surface area contributed by atoms with Crippen molar-refractivity contribution >= 4 is 5.97 Å². The number of hydrogen-bond acceptors (Lipinski definition) is 2. The zero-order valence-corrected chi connectivity index (χ0v) is 9.35. The highest BCUT2D eigenvalue weighted by atomic mass is 16.4. The molecule has 16 heavy (non-hydrogen) atoms. The lowest BCUT2D eigenvalue weighted by molar-refractivity contribution is -0.144. The molecule has 0 atom stereocenters. The lowest BCUT2D eigenvalue weighted by Crippen LogP contribution is -2.35. The van der Waals surface area contributed by atoms with Crippen molar-refractivity contribution in [3.63, 3.8) is 0 Å². The molecule has 0 bridgehead atoms. The van der Waals surface area contributed by atoms with E-state index < -0.39 is 11.4 Å². The minimum Gasteiger partial charge on any atom is -0.481 e. The maximum Gasteiger partial charge on any atom is 0.314 e. The molecule has 1 N–H and O–H groups in total. The third-order valence-electron chi connectivity index (χ3n) is 3.58. The topological polar surface area (TPSA) is 50.2 Å². The van der Waals surface area contributed by atoms with Crippen LogP contribution in [0.1, 0.15) is 44.1 Å². The molecule has 2 rings (SSSR count). The molecule has 1 saturated carbocycles. The summed E-state index contributed by atoms with van der Waals surface area (Å²) in [6.07, 6.45) is 9.18. The van der Waals surface area contributed by atoms with Gasteiger partial charge in [-0.15, -0.1) is 0 Å². The van der Waals surface area contributed by atoms with Gasteiger partial charge in [-0.1, -0.05) is 31.7 Å². The highest BCUT2D eigenvalue weighted by molar-refractivity contribution is 5.81. The first-order valence-corrected chi connectivity index (χ1v) is 5.90. The van der Waals surface area contributed by atoms with Gasteiger partial charge in [0.1, 0.15) is 0 Å². The van der Waals surface area contributed by atoms with E-state index in [1.165, 1.54) is 0 Å². The van der Waals surface area contributed by atoms with E-state index >= 15 is 0 Å². The Morgan fingerprint density at radius 1 is 1.25 bits per heavy atom. The summed E-state index contributed by atoms with van der Waals surface area (Å²) in [4.78, 5) is 15.7. The number of hydrogen-bond donors (Lipinski definition) is 1. The minimum atomic E-state index is -0.692. The van der Waals surface area contributed by atoms with Crippen molar-refractivity contribution in [3.8, 4) is 0 Å². The minimum absolute atomic E-state index is 0.690. The molecule has 1 aromatic rings. The van der Waals surface area contributed by atoms with Crippen molar-refractivity contribution in [2.24, 2.45) is 0 Å². The summed E-state index contributed by atoms with van der Waals surface area (Å²) in [5.74, 6) is -0.692. The van der Waals surface area contributed by atoms with Crippen LogP contribution in [0.3, 0.4) is 0 Å². The standard InChI is InChI=1S/C13H17NO2/c15-12(16)13(7-3-1-2-4-8-13)11-6-5-9-14-10-11/h5-6,9-10H,1-4,7-8H2,(H,15,16). The van der Waals surface area contributed by atoms with Gasteiger partial charge >= 0.3 is 5.97 Å². The molecule has 0 aliphatic heterocycles. The molecule has 0 amide bonds. The predicted octanol–water partition coefficient (Wildman–Crippen LogP) is 2.76. The lowest BCUT2D eigenvalue weighted by Gasteiger charge is -2.28. The fourth-order valence-electron chi connectivity index (χ4n) is 2.60. The van der Waals surface area contributed by atoms with Gasteiger partial charge in [0, 0.05) is 12.4 Å². The van der Waals surface area contributed by atoms with Crippen LogP contribution in [0.15, 0.2) is 24.5 Å². The van der Waals surface area contributed by atoms with Gasteiger partial charge in [0.25, 0.3) is 0 Å². The largest absolute Gasteiger partial charge is 0.481 e. The van der Waals surface area contributed by atoms with E-state index in [4.69, 9.17) is 0 Å². The number of carboxylic acid groups (broad SMARTS) is 1. The van der Waals surface area contributed by atoms with E-state index in [2.05, 4.69) is 4.98 Å². The fourth-order valence-corrected chi connectivity index (χ4v) is 2.60. The summed E-state index contributed by atoms with van der Waals surface area (Å²) in [7, 11) is 0.